The number of hydrogen-bond donors (Lipinski definition) is 1. The van der Waals surface area contributed by atoms with E-state index in [4.69, 9.17) is 26.1 Å². The van der Waals surface area contributed by atoms with Gasteiger partial charge in [0, 0.05) is 56.3 Å². The average Bonchev–Trinajstić information content (AvgIpc) is 3.65. The number of Topliss-reactive ketones (excluding diaryl/α,β-unsaturated/α-hetero) is 1. The maximum Gasteiger partial charge on any atom is 0.252 e. The third-order valence-electron chi connectivity index (χ3n) is 7.86. The van der Waals surface area contributed by atoms with Gasteiger partial charge in [-0.2, -0.15) is 0 Å². The predicted molar refractivity (Wildman–Crippen MR) is 149 cm³/mol. The number of ketones is 1. The van der Waals surface area contributed by atoms with E-state index < -0.39 is 41.0 Å². The van der Waals surface area contributed by atoms with E-state index in [-0.39, 0.29) is 18.9 Å². The van der Waals surface area contributed by atoms with Gasteiger partial charge < -0.3 is 29.5 Å². The number of hydrogen-bond acceptors (Lipinski definition) is 9. The number of thiazole rings is 1. The molecule has 4 heterocycles. The Hall–Kier alpha value is -2.57. The molecule has 0 radical (unpaired) electrons. The van der Waals surface area contributed by atoms with Crippen LogP contribution in [0.2, 0.25) is 0 Å². The number of carbonyl (C=O) groups excluding carboxylic acids is 3. The van der Waals surface area contributed by atoms with E-state index in [1.165, 1.54) is 12.0 Å². The fourth-order valence-electron chi connectivity index (χ4n) is 5.19. The topological polar surface area (TPSA) is 104 Å². The van der Waals surface area contributed by atoms with Crippen LogP contribution < -0.4 is 10.2 Å². The number of nitrogens with one attached hydrogen (secondary N) is 1. The summed E-state index contributed by atoms with van der Waals surface area (Å²) in [5, 5.41) is 5.37. The molecule has 0 saturated carbocycles. The lowest BCUT2D eigenvalue weighted by atomic mass is 9.95. The Morgan fingerprint density at radius 3 is 2.56 bits per heavy atom. The molecule has 10 nitrogen and oxygen atoms in total. The summed E-state index contributed by atoms with van der Waals surface area (Å²) >= 11 is 8.01. The number of likely N-dealkylation sites (N-methyl/N-ethyl adjacent to an activating group) is 1. The fraction of sp³-hybridized carbons (Fsp3) is 0.556. The number of rotatable bonds is 7. The molecule has 2 aromatic rings. The zero-order valence-corrected chi connectivity index (χ0v) is 24.1. The molecule has 1 aromatic heterocycles. The van der Waals surface area contributed by atoms with Crippen molar-refractivity contribution in [3.8, 4) is 11.3 Å². The third kappa shape index (κ3) is 5.55. The number of halogens is 1. The fourth-order valence-corrected chi connectivity index (χ4v) is 6.43. The van der Waals surface area contributed by atoms with Crippen LogP contribution in [0.15, 0.2) is 29.6 Å². The van der Waals surface area contributed by atoms with Gasteiger partial charge in [-0.05, 0) is 33.0 Å². The standard InChI is InChI=1S/C27H34ClN5O5S/c1-27(2,37-4)23(25(36)33-13-18(28)22-21(33)20(34)14-38-22)30-24(35)17-7-5-16(6-8-17)19-15-39-26(29-19)32-11-9-31(3)10-12-32/h5-8,15,18,21-23H,9-14H2,1-4H3,(H,30,35). The van der Waals surface area contributed by atoms with Crippen molar-refractivity contribution in [2.75, 3.05) is 58.4 Å². The first-order valence-electron chi connectivity index (χ1n) is 13.0. The summed E-state index contributed by atoms with van der Waals surface area (Å²) in [5.41, 5.74) is 1.11. The van der Waals surface area contributed by atoms with Crippen molar-refractivity contribution >= 4 is 45.7 Å². The number of benzene rings is 1. The van der Waals surface area contributed by atoms with Crippen LogP contribution >= 0.6 is 22.9 Å². The largest absolute Gasteiger partial charge is 0.376 e. The van der Waals surface area contributed by atoms with Gasteiger partial charge >= 0.3 is 0 Å². The predicted octanol–water partition coefficient (Wildman–Crippen LogP) is 1.87. The molecular weight excluding hydrogens is 542 g/mol. The Bertz CT molecular complexity index is 1230. The molecule has 2 amide bonds. The number of carbonyl (C=O) groups is 3. The Morgan fingerprint density at radius 2 is 1.90 bits per heavy atom. The number of anilines is 1. The molecule has 12 heteroatoms. The van der Waals surface area contributed by atoms with Crippen LogP contribution in [0.3, 0.4) is 0 Å². The maximum atomic E-state index is 13.7. The van der Waals surface area contributed by atoms with Gasteiger partial charge in [0.25, 0.3) is 5.91 Å². The van der Waals surface area contributed by atoms with Crippen LogP contribution in [0.4, 0.5) is 5.13 Å². The monoisotopic (exact) mass is 575 g/mol. The van der Waals surface area contributed by atoms with E-state index in [1.807, 2.05) is 17.5 Å². The van der Waals surface area contributed by atoms with E-state index in [0.29, 0.717) is 5.56 Å². The minimum Gasteiger partial charge on any atom is -0.376 e. The minimum absolute atomic E-state index is 0.0742. The number of likely N-dealkylation sites (tertiary alicyclic amines) is 1. The molecule has 1 N–H and O–H groups in total. The lowest BCUT2D eigenvalue weighted by Gasteiger charge is -2.36. The second-order valence-corrected chi connectivity index (χ2v) is 12.2. The molecule has 3 saturated heterocycles. The van der Waals surface area contributed by atoms with Crippen LogP contribution in [0.25, 0.3) is 11.3 Å². The van der Waals surface area contributed by atoms with Crippen molar-refractivity contribution in [2.45, 2.75) is 43.0 Å². The summed E-state index contributed by atoms with van der Waals surface area (Å²) in [6, 6.07) is 5.35. The highest BCUT2D eigenvalue weighted by Gasteiger charge is 2.54. The number of aromatic nitrogens is 1. The van der Waals surface area contributed by atoms with Crippen molar-refractivity contribution in [3.63, 3.8) is 0 Å². The van der Waals surface area contributed by atoms with Gasteiger partial charge in [-0.3, -0.25) is 14.4 Å². The third-order valence-corrected chi connectivity index (χ3v) is 9.15. The van der Waals surface area contributed by atoms with Crippen molar-refractivity contribution in [1.29, 1.82) is 0 Å². The van der Waals surface area contributed by atoms with E-state index in [2.05, 4.69) is 22.2 Å². The first-order chi connectivity index (χ1) is 18.6. The number of nitrogens with zero attached hydrogens (tertiary/aromatic N) is 4. The van der Waals surface area contributed by atoms with Crippen LogP contribution in [-0.2, 0) is 19.1 Å². The highest BCUT2D eigenvalue weighted by atomic mass is 35.5. The van der Waals surface area contributed by atoms with Crippen LogP contribution in [0.1, 0.15) is 24.2 Å². The molecule has 0 spiro atoms. The van der Waals surface area contributed by atoms with Crippen LogP contribution in [0.5, 0.6) is 0 Å². The second kappa shape index (κ2) is 11.1. The zero-order chi connectivity index (χ0) is 27.9. The Kier molecular flexibility index (Phi) is 7.98. The van der Waals surface area contributed by atoms with E-state index in [1.54, 1.807) is 37.3 Å². The summed E-state index contributed by atoms with van der Waals surface area (Å²) in [5.74, 6) is -1.04. The van der Waals surface area contributed by atoms with E-state index in [9.17, 15) is 14.4 Å². The number of alkyl halides is 1. The molecule has 4 atom stereocenters. The second-order valence-electron chi connectivity index (χ2n) is 10.8. The summed E-state index contributed by atoms with van der Waals surface area (Å²) in [6.45, 7) is 7.45. The average molecular weight is 576 g/mol. The first-order valence-corrected chi connectivity index (χ1v) is 14.3. The van der Waals surface area contributed by atoms with E-state index >= 15 is 0 Å². The van der Waals surface area contributed by atoms with Gasteiger partial charge in [-0.1, -0.05) is 12.1 Å². The number of amides is 2. The SMILES string of the molecule is COC(C)(C)C(NC(=O)c1ccc(-c2csc(N3CCN(C)CC3)n2)cc1)C(=O)N1CC(Cl)C2OCC(=O)C21. The molecule has 4 unspecified atom stereocenters. The zero-order valence-electron chi connectivity index (χ0n) is 22.6. The highest BCUT2D eigenvalue weighted by Crippen LogP contribution is 2.33. The maximum absolute atomic E-state index is 13.7. The van der Waals surface area contributed by atoms with E-state index in [0.717, 1.165) is 42.6 Å². The lowest BCUT2D eigenvalue weighted by Crippen LogP contribution is -2.60. The van der Waals surface area contributed by atoms with Gasteiger partial charge in [0.1, 0.15) is 24.8 Å². The van der Waals surface area contributed by atoms with Gasteiger partial charge in [0.2, 0.25) is 5.91 Å². The summed E-state index contributed by atoms with van der Waals surface area (Å²) in [4.78, 5) is 50.3. The van der Waals surface area contributed by atoms with Crippen LogP contribution in [-0.4, -0.2) is 115 Å². The Labute approximate surface area is 237 Å². The first kappa shape index (κ1) is 28.0. The molecular formula is C27H34ClN5O5S. The smallest absolute Gasteiger partial charge is 0.252 e. The highest BCUT2D eigenvalue weighted by molar-refractivity contribution is 7.14. The summed E-state index contributed by atoms with van der Waals surface area (Å²) in [7, 11) is 3.60. The number of ether oxygens (including phenoxy) is 2. The van der Waals surface area contributed by atoms with Crippen molar-refractivity contribution in [2.24, 2.45) is 0 Å². The van der Waals surface area contributed by atoms with Gasteiger partial charge in [0.15, 0.2) is 10.9 Å². The van der Waals surface area contributed by atoms with Crippen molar-refractivity contribution in [1.82, 2.24) is 20.1 Å². The summed E-state index contributed by atoms with van der Waals surface area (Å²) < 4.78 is 11.1. The molecule has 39 heavy (non-hydrogen) atoms. The molecule has 5 rings (SSSR count). The molecule has 3 aliphatic heterocycles. The number of fused-ring (bicyclic) bond motifs is 1. The Balaban J connectivity index is 1.29. The summed E-state index contributed by atoms with van der Waals surface area (Å²) in [6.07, 6.45) is -0.542. The number of piperazine rings is 1. The van der Waals surface area contributed by atoms with Crippen LogP contribution in [0, 0.1) is 0 Å². The quantitative estimate of drug-likeness (QED) is 0.499. The molecule has 1 aromatic carbocycles. The normalized spacial score (nSPS) is 24.6. The number of methoxy groups -OCH3 is 1. The molecule has 0 aliphatic carbocycles. The Morgan fingerprint density at radius 1 is 1.21 bits per heavy atom. The lowest BCUT2D eigenvalue weighted by molar-refractivity contribution is -0.144. The molecule has 3 fully saturated rings. The van der Waals surface area contributed by atoms with Crippen molar-refractivity contribution in [3.05, 3.63) is 35.2 Å². The van der Waals surface area contributed by atoms with Gasteiger partial charge in [-0.25, -0.2) is 4.98 Å². The molecule has 3 aliphatic rings. The van der Waals surface area contributed by atoms with Gasteiger partial charge in [0.05, 0.1) is 16.7 Å². The van der Waals surface area contributed by atoms with Crippen molar-refractivity contribution < 1.29 is 23.9 Å². The molecule has 0 bridgehead atoms. The van der Waals surface area contributed by atoms with Gasteiger partial charge in [-0.15, -0.1) is 22.9 Å². The minimum atomic E-state index is -1.05. The molecule has 210 valence electrons.